The van der Waals surface area contributed by atoms with Gasteiger partial charge in [-0.15, -0.1) is 0 Å². The molecule has 9 N–H and O–H groups in total. The summed E-state index contributed by atoms with van der Waals surface area (Å²) >= 11 is 6.87. The van der Waals surface area contributed by atoms with Crippen LogP contribution in [0, 0.1) is 72.5 Å². The zero-order valence-electron chi connectivity index (χ0n) is 46.1. The number of nitrogen functional groups attached to an aromatic ring is 4. The number of nitrogens with zero attached hydrogens (tertiary/aromatic N) is 4. The average molecular weight is 1700 g/mol. The van der Waals surface area contributed by atoms with Crippen molar-refractivity contribution in [3.05, 3.63) is 156 Å². The number of hydrogen-bond acceptors (Lipinski definition) is 19. The summed E-state index contributed by atoms with van der Waals surface area (Å²) in [5.74, 6) is -15.1. The molecule has 0 aliphatic rings. The maximum atomic E-state index is 14.4. The number of carbonyl (C=O) groups excluding carboxylic acids is 3. The van der Waals surface area contributed by atoms with E-state index < -0.39 is 144 Å². The second-order valence-corrected chi connectivity index (χ2v) is 21.5. The number of nitrogens with two attached hydrogens (primary N) is 4. The number of rotatable bonds is 12. The van der Waals surface area contributed by atoms with Crippen LogP contribution in [-0.4, -0.2) is 98.7 Å². The third-order valence-electron chi connectivity index (χ3n) is 11.6. The van der Waals surface area contributed by atoms with Crippen molar-refractivity contribution in [1.82, 2.24) is 19.9 Å². The van der Waals surface area contributed by atoms with Crippen LogP contribution in [0.1, 0.15) is 42.0 Å². The van der Waals surface area contributed by atoms with Crippen molar-refractivity contribution in [1.29, 1.82) is 0 Å². The normalized spacial score (nSPS) is 10.5. The van der Waals surface area contributed by atoms with Gasteiger partial charge in [-0.2, -0.15) is 0 Å². The number of aromatic carboxylic acids is 1. The summed E-state index contributed by atoms with van der Waals surface area (Å²) in [7, 11) is 8.04. The fourth-order valence-electron chi connectivity index (χ4n) is 7.41. The number of carbonyl (C=O) groups is 4. The Kier molecular flexibility index (Phi) is 24.9. The molecule has 0 unspecified atom stereocenters. The molecule has 4 heterocycles. The van der Waals surface area contributed by atoms with E-state index in [1.54, 1.807) is 73.8 Å². The molecule has 0 atom stereocenters. The van der Waals surface area contributed by atoms with Gasteiger partial charge in [0.2, 0.25) is 0 Å². The summed E-state index contributed by atoms with van der Waals surface area (Å²) in [6, 6.07) is 12.1. The van der Waals surface area contributed by atoms with Crippen molar-refractivity contribution in [3.8, 4) is 68.0 Å². The maximum Gasteiger partial charge on any atom is 0.360 e. The zero-order valence-corrected chi connectivity index (χ0v) is 54.7. The number of benzene rings is 4. The Balaban J connectivity index is 0.000000216. The van der Waals surface area contributed by atoms with Crippen LogP contribution in [0.2, 0.25) is 0 Å². The molecule has 0 radical (unpaired) electrons. The lowest BCUT2D eigenvalue weighted by Gasteiger charge is -2.13. The van der Waals surface area contributed by atoms with Gasteiger partial charge in [0.25, 0.3) is 0 Å². The van der Waals surface area contributed by atoms with Crippen LogP contribution in [-0.2, 0) is 14.2 Å². The number of hydrogen-bond donors (Lipinski definition) is 5. The highest BCUT2D eigenvalue weighted by atomic mass is 127. The maximum absolute atomic E-state index is 14.4. The minimum atomic E-state index is -1.55. The Bertz CT molecular complexity index is 4130. The Morgan fingerprint density at radius 3 is 1.16 bits per heavy atom. The van der Waals surface area contributed by atoms with Gasteiger partial charge in [-0.1, -0.05) is 6.07 Å². The first-order chi connectivity index (χ1) is 41.9. The first-order valence-electron chi connectivity index (χ1n) is 23.7. The Labute approximate surface area is 550 Å². The Hall–Kier alpha value is -8.02. The highest BCUT2D eigenvalue weighted by Gasteiger charge is 2.31. The van der Waals surface area contributed by atoms with Crippen molar-refractivity contribution in [2.75, 3.05) is 72.7 Å². The van der Waals surface area contributed by atoms with Gasteiger partial charge in [-0.3, -0.25) is 0 Å². The summed E-state index contributed by atoms with van der Waals surface area (Å²) < 4.78 is 174. The number of carboxylic acid groups (broad SMARTS) is 1. The minimum Gasteiger partial charge on any atom is -0.492 e. The van der Waals surface area contributed by atoms with Crippen LogP contribution in [0.3, 0.4) is 0 Å². The van der Waals surface area contributed by atoms with Crippen LogP contribution >= 0.6 is 90.4 Å². The van der Waals surface area contributed by atoms with Crippen molar-refractivity contribution in [3.63, 3.8) is 0 Å². The predicted molar refractivity (Wildman–Crippen MR) is 334 cm³/mol. The zero-order chi connectivity index (χ0) is 66.8. The molecule has 4 aromatic carbocycles. The van der Waals surface area contributed by atoms with Crippen LogP contribution < -0.4 is 41.9 Å². The van der Waals surface area contributed by atoms with Gasteiger partial charge < -0.3 is 61.2 Å². The number of methoxy groups -OCH3 is 7. The van der Waals surface area contributed by atoms with Gasteiger partial charge in [-0.05, 0) is 145 Å². The fourth-order valence-corrected chi connectivity index (χ4v) is 9.04. The van der Waals surface area contributed by atoms with Crippen LogP contribution in [0.5, 0.6) is 23.0 Å². The van der Waals surface area contributed by atoms with Crippen molar-refractivity contribution < 1.29 is 101 Å². The van der Waals surface area contributed by atoms with E-state index in [2.05, 4.69) is 34.1 Å². The van der Waals surface area contributed by atoms with E-state index in [-0.39, 0.29) is 58.3 Å². The van der Waals surface area contributed by atoms with E-state index in [0.29, 0.717) is 7.14 Å². The summed E-state index contributed by atoms with van der Waals surface area (Å²) in [6.07, 6.45) is 0. The van der Waals surface area contributed by atoms with Crippen LogP contribution in [0.15, 0.2) is 60.7 Å². The van der Waals surface area contributed by atoms with Crippen molar-refractivity contribution in [2.45, 2.75) is 0 Å². The van der Waals surface area contributed by atoms with Gasteiger partial charge >= 0.3 is 23.9 Å². The van der Waals surface area contributed by atoms with E-state index >= 15 is 0 Å². The lowest BCUT2D eigenvalue weighted by molar-refractivity contribution is 0.0581. The van der Waals surface area contributed by atoms with E-state index in [9.17, 15) is 63.1 Å². The first kappa shape index (κ1) is 71.7. The molecule has 0 fully saturated rings. The molecule has 0 bridgehead atoms. The molecular formula is C55H40F10I4N8O12. The number of pyridine rings is 4. The topological polar surface area (TPSA) is 309 Å². The fraction of sp³-hybridized carbons (Fsp3) is 0.127. The van der Waals surface area contributed by atoms with Gasteiger partial charge in [0.1, 0.15) is 68.8 Å². The van der Waals surface area contributed by atoms with Gasteiger partial charge in [-0.25, -0.2) is 83.0 Å². The summed E-state index contributed by atoms with van der Waals surface area (Å²) in [5, 5.41) is 9.06. The third-order valence-corrected chi connectivity index (χ3v) is 14.8. The largest absolute Gasteiger partial charge is 0.492 e. The predicted octanol–water partition coefficient (Wildman–Crippen LogP) is 12.2. The second kappa shape index (κ2) is 30.9. The van der Waals surface area contributed by atoms with Crippen molar-refractivity contribution in [2.24, 2.45) is 0 Å². The molecule has 89 heavy (non-hydrogen) atoms. The molecule has 0 saturated heterocycles. The standard InChI is InChI=1S/C14H10F3IN2O3.2C14H11F2IN2O3.C13H8F3IN2O3/c1-22-13-10(19)9(17)11(20-12(13)14(21)23-2)5-3-7(16)8(18)4-6(5)15;1-21-13-10(18)9(16)11(19-12(13)14(20)22-2)6-3-4-8(17)7(15)5-6;1-21-13-10(18)9(16)11(19-12(13)14(20)22-2)7-4-3-6(17)5-8(7)15;1-22-12-9(18)8(16)10(19-11(12)13(20)21)4-2-3-5(17)7(15)6(4)14/h3-4H,1-2H3,(H2,19,20);2*3-5H,1-2H3,(H2,18,19);2-3H,1H3,(H2,18,19)(H,20,21). The number of ether oxygens (including phenoxy) is 7. The molecule has 0 aliphatic heterocycles. The van der Waals surface area contributed by atoms with E-state index in [4.69, 9.17) is 47.0 Å². The first-order valence-corrected chi connectivity index (χ1v) is 28.0. The molecule has 0 aliphatic carbocycles. The minimum absolute atomic E-state index is 0.0129. The highest BCUT2D eigenvalue weighted by Crippen LogP contribution is 2.40. The van der Waals surface area contributed by atoms with Crippen molar-refractivity contribution >= 4 is 137 Å². The summed E-state index contributed by atoms with van der Waals surface area (Å²) in [5.41, 5.74) is 15.6. The SMILES string of the molecule is COC(=O)c1nc(-c2cc(F)c(I)cc2F)c(F)c(N)c1OC.COC(=O)c1nc(-c2ccc(I)c(F)c2)c(F)c(N)c1OC.COC(=O)c1nc(-c2ccc(I)cc2F)c(F)c(N)c1OC.COc1c(C(=O)O)nc(-c2ccc(I)c(F)c2F)c(F)c1N. The molecular weight excluding hydrogens is 1660 g/mol. The third kappa shape index (κ3) is 15.5. The molecule has 8 rings (SSSR count). The quantitative estimate of drug-likeness (QED) is 0.0189. The molecule has 0 saturated carbocycles. The Morgan fingerprint density at radius 1 is 0.382 bits per heavy atom. The Morgan fingerprint density at radius 2 is 0.742 bits per heavy atom. The number of anilines is 4. The lowest BCUT2D eigenvalue weighted by atomic mass is 10.1. The molecule has 8 aromatic rings. The molecule has 470 valence electrons. The summed E-state index contributed by atoms with van der Waals surface area (Å²) in [6.45, 7) is 0. The number of halogens is 14. The molecule has 20 nitrogen and oxygen atoms in total. The number of carboxylic acids is 1. The second-order valence-electron chi connectivity index (χ2n) is 16.8. The van der Waals surface area contributed by atoms with Crippen LogP contribution in [0.4, 0.5) is 66.7 Å². The van der Waals surface area contributed by atoms with Crippen LogP contribution in [0.25, 0.3) is 45.0 Å². The lowest BCUT2D eigenvalue weighted by Crippen LogP contribution is -2.12. The van der Waals surface area contributed by atoms with Gasteiger partial charge in [0.05, 0.1) is 56.9 Å². The summed E-state index contributed by atoms with van der Waals surface area (Å²) in [4.78, 5) is 61.3. The molecule has 4 aromatic heterocycles. The monoisotopic (exact) mass is 1700 g/mol. The van der Waals surface area contributed by atoms with Gasteiger partial charge in [0, 0.05) is 29.4 Å². The highest BCUT2D eigenvalue weighted by molar-refractivity contribution is 14.1. The molecule has 0 amide bonds. The van der Waals surface area contributed by atoms with Gasteiger partial charge in [0.15, 0.2) is 80.7 Å². The molecule has 34 heteroatoms. The van der Waals surface area contributed by atoms with E-state index in [0.717, 1.165) is 59.8 Å². The van der Waals surface area contributed by atoms with E-state index in [1.165, 1.54) is 44.6 Å². The average Bonchev–Trinajstić information content (AvgIpc) is 1.57. The number of esters is 3. The van der Waals surface area contributed by atoms with E-state index in [1.807, 2.05) is 22.6 Å². The number of aromatic nitrogens is 4. The molecule has 0 spiro atoms. The smallest absolute Gasteiger partial charge is 0.360 e.